The van der Waals surface area contributed by atoms with Crippen LogP contribution in [0.3, 0.4) is 0 Å². The number of nitriles is 1. The van der Waals surface area contributed by atoms with Crippen LogP contribution in [0.25, 0.3) is 0 Å². The van der Waals surface area contributed by atoms with Gasteiger partial charge in [-0.25, -0.2) is 13.6 Å². The molecule has 0 aliphatic carbocycles. The first-order valence-electron chi connectivity index (χ1n) is 5.65. The van der Waals surface area contributed by atoms with Gasteiger partial charge in [-0.15, -0.1) is 0 Å². The van der Waals surface area contributed by atoms with Gasteiger partial charge in [-0.05, 0) is 6.07 Å². The topological polar surface area (TPSA) is 67.6 Å². The van der Waals surface area contributed by atoms with Crippen molar-refractivity contribution in [1.29, 1.82) is 5.26 Å². The van der Waals surface area contributed by atoms with Gasteiger partial charge < -0.3 is 14.9 Å². The SMILES string of the molecule is N#Cc1cc(F)c(F)cc1N1CCN(C(=O)O)CC1. The second-order valence-corrected chi connectivity index (χ2v) is 4.15. The molecule has 0 unspecified atom stereocenters. The van der Waals surface area contributed by atoms with Crippen molar-refractivity contribution in [3.8, 4) is 6.07 Å². The van der Waals surface area contributed by atoms with Crippen LogP contribution < -0.4 is 4.90 Å². The molecule has 100 valence electrons. The number of carboxylic acid groups (broad SMARTS) is 1. The van der Waals surface area contributed by atoms with E-state index in [0.29, 0.717) is 18.8 Å². The standard InChI is InChI=1S/C12H11F2N3O2/c13-9-5-8(7-15)11(6-10(9)14)16-1-3-17(4-2-16)12(18)19/h5-6H,1-4H2,(H,18,19). The highest BCUT2D eigenvalue weighted by Gasteiger charge is 2.23. The van der Waals surface area contributed by atoms with Gasteiger partial charge in [0.05, 0.1) is 11.3 Å². The van der Waals surface area contributed by atoms with Crippen molar-refractivity contribution in [2.24, 2.45) is 0 Å². The van der Waals surface area contributed by atoms with Crippen LogP contribution in [0.1, 0.15) is 5.56 Å². The maximum absolute atomic E-state index is 13.2. The molecular formula is C12H11F2N3O2. The second kappa shape index (κ2) is 5.10. The molecule has 1 aromatic rings. The molecule has 1 aliphatic heterocycles. The van der Waals surface area contributed by atoms with E-state index in [4.69, 9.17) is 10.4 Å². The van der Waals surface area contributed by atoms with Crippen LogP contribution in [0, 0.1) is 23.0 Å². The molecule has 2 rings (SSSR count). The third-order valence-electron chi connectivity index (χ3n) is 3.05. The molecular weight excluding hydrogens is 256 g/mol. The smallest absolute Gasteiger partial charge is 0.407 e. The summed E-state index contributed by atoms with van der Waals surface area (Å²) in [4.78, 5) is 13.7. The first-order valence-corrected chi connectivity index (χ1v) is 5.65. The van der Waals surface area contributed by atoms with Gasteiger partial charge in [-0.2, -0.15) is 5.26 Å². The fourth-order valence-corrected chi connectivity index (χ4v) is 2.03. The molecule has 0 radical (unpaired) electrons. The van der Waals surface area contributed by atoms with Crippen LogP contribution in [0.5, 0.6) is 0 Å². The summed E-state index contributed by atoms with van der Waals surface area (Å²) in [5, 5.41) is 17.8. The summed E-state index contributed by atoms with van der Waals surface area (Å²) in [6, 6.07) is 3.65. The van der Waals surface area contributed by atoms with Crippen molar-refractivity contribution < 1.29 is 18.7 Å². The molecule has 0 saturated carbocycles. The molecule has 0 aromatic heterocycles. The molecule has 1 aromatic carbocycles. The predicted octanol–water partition coefficient (Wildman–Crippen LogP) is 1.64. The molecule has 1 N–H and O–H groups in total. The number of anilines is 1. The van der Waals surface area contributed by atoms with Gasteiger partial charge in [0.15, 0.2) is 11.6 Å². The second-order valence-electron chi connectivity index (χ2n) is 4.15. The molecule has 19 heavy (non-hydrogen) atoms. The summed E-state index contributed by atoms with van der Waals surface area (Å²) in [5.74, 6) is -2.08. The van der Waals surface area contributed by atoms with Gasteiger partial charge >= 0.3 is 6.09 Å². The Morgan fingerprint density at radius 3 is 2.32 bits per heavy atom. The Morgan fingerprint density at radius 1 is 1.21 bits per heavy atom. The van der Waals surface area contributed by atoms with E-state index in [9.17, 15) is 13.6 Å². The van der Waals surface area contributed by atoms with Crippen LogP contribution >= 0.6 is 0 Å². The molecule has 1 amide bonds. The summed E-state index contributed by atoms with van der Waals surface area (Å²) in [6.45, 7) is 1.20. The summed E-state index contributed by atoms with van der Waals surface area (Å²) in [7, 11) is 0. The number of benzene rings is 1. The third-order valence-corrected chi connectivity index (χ3v) is 3.05. The van der Waals surface area contributed by atoms with Crippen molar-refractivity contribution in [2.45, 2.75) is 0 Å². The Labute approximate surface area is 108 Å². The lowest BCUT2D eigenvalue weighted by atomic mass is 10.1. The lowest BCUT2D eigenvalue weighted by Gasteiger charge is -2.35. The van der Waals surface area contributed by atoms with Crippen LogP contribution in [0.4, 0.5) is 19.3 Å². The summed E-state index contributed by atoms with van der Waals surface area (Å²) < 4.78 is 26.3. The van der Waals surface area contributed by atoms with Gasteiger partial charge in [0.25, 0.3) is 0 Å². The molecule has 0 spiro atoms. The van der Waals surface area contributed by atoms with Gasteiger partial charge in [-0.3, -0.25) is 0 Å². The lowest BCUT2D eigenvalue weighted by Crippen LogP contribution is -2.48. The Morgan fingerprint density at radius 2 is 1.79 bits per heavy atom. The Balaban J connectivity index is 2.22. The monoisotopic (exact) mass is 267 g/mol. The van der Waals surface area contributed by atoms with Crippen molar-refractivity contribution in [2.75, 3.05) is 31.1 Å². The van der Waals surface area contributed by atoms with Gasteiger partial charge in [0.2, 0.25) is 0 Å². The van der Waals surface area contributed by atoms with E-state index >= 15 is 0 Å². The highest BCUT2D eigenvalue weighted by atomic mass is 19.2. The minimum absolute atomic E-state index is 0.0441. The zero-order valence-corrected chi connectivity index (χ0v) is 9.94. The largest absolute Gasteiger partial charge is 0.465 e. The zero-order chi connectivity index (χ0) is 14.0. The fourth-order valence-electron chi connectivity index (χ4n) is 2.03. The molecule has 1 fully saturated rings. The number of hydrogen-bond donors (Lipinski definition) is 1. The van der Waals surface area contributed by atoms with E-state index < -0.39 is 17.7 Å². The van der Waals surface area contributed by atoms with Crippen molar-refractivity contribution >= 4 is 11.8 Å². The van der Waals surface area contributed by atoms with E-state index in [1.165, 1.54) is 4.90 Å². The number of piperazine rings is 1. The van der Waals surface area contributed by atoms with Crippen LogP contribution in [-0.2, 0) is 0 Å². The number of hydrogen-bond acceptors (Lipinski definition) is 3. The molecule has 0 atom stereocenters. The van der Waals surface area contributed by atoms with E-state index in [1.54, 1.807) is 4.90 Å². The van der Waals surface area contributed by atoms with Crippen molar-refractivity contribution in [3.63, 3.8) is 0 Å². The highest BCUT2D eigenvalue weighted by Crippen LogP contribution is 2.24. The van der Waals surface area contributed by atoms with E-state index in [2.05, 4.69) is 0 Å². The maximum Gasteiger partial charge on any atom is 0.407 e. The van der Waals surface area contributed by atoms with Gasteiger partial charge in [0.1, 0.15) is 6.07 Å². The molecule has 1 heterocycles. The minimum atomic E-state index is -1.07. The molecule has 7 heteroatoms. The summed E-state index contributed by atoms with van der Waals surface area (Å²) in [6.07, 6.45) is -1.01. The van der Waals surface area contributed by atoms with Crippen LogP contribution in [-0.4, -0.2) is 42.3 Å². The van der Waals surface area contributed by atoms with Crippen molar-refractivity contribution in [1.82, 2.24) is 4.90 Å². The van der Waals surface area contributed by atoms with Gasteiger partial charge in [0, 0.05) is 32.2 Å². The number of amides is 1. The molecule has 0 bridgehead atoms. The zero-order valence-electron chi connectivity index (χ0n) is 9.94. The normalized spacial score (nSPS) is 15.2. The number of rotatable bonds is 1. The lowest BCUT2D eigenvalue weighted by molar-refractivity contribution is 0.142. The van der Waals surface area contributed by atoms with Gasteiger partial charge in [-0.1, -0.05) is 0 Å². The Hall–Kier alpha value is -2.36. The third kappa shape index (κ3) is 2.57. The first-order chi connectivity index (χ1) is 9.02. The van der Waals surface area contributed by atoms with E-state index in [0.717, 1.165) is 12.1 Å². The Kier molecular flexibility index (Phi) is 3.51. The quantitative estimate of drug-likeness (QED) is 0.839. The number of halogens is 2. The first kappa shape index (κ1) is 13.1. The number of nitrogens with zero attached hydrogens (tertiary/aromatic N) is 3. The number of carbonyl (C=O) groups is 1. The minimum Gasteiger partial charge on any atom is -0.465 e. The average molecular weight is 267 g/mol. The average Bonchev–Trinajstić information content (AvgIpc) is 2.41. The molecule has 1 saturated heterocycles. The van der Waals surface area contributed by atoms with Crippen LogP contribution in [0.2, 0.25) is 0 Å². The molecule has 5 nitrogen and oxygen atoms in total. The van der Waals surface area contributed by atoms with Crippen molar-refractivity contribution in [3.05, 3.63) is 29.3 Å². The highest BCUT2D eigenvalue weighted by molar-refractivity contribution is 5.66. The van der Waals surface area contributed by atoms with Crippen LogP contribution in [0.15, 0.2) is 12.1 Å². The fraction of sp³-hybridized carbons (Fsp3) is 0.333. The van der Waals surface area contributed by atoms with E-state index in [1.807, 2.05) is 6.07 Å². The summed E-state index contributed by atoms with van der Waals surface area (Å²) in [5.41, 5.74) is 0.342. The van der Waals surface area contributed by atoms with E-state index in [-0.39, 0.29) is 18.7 Å². The molecule has 1 aliphatic rings. The summed E-state index contributed by atoms with van der Waals surface area (Å²) >= 11 is 0. The maximum atomic E-state index is 13.2. The Bertz CT molecular complexity index is 549. The predicted molar refractivity (Wildman–Crippen MR) is 62.9 cm³/mol.